The molecule has 0 radical (unpaired) electrons. The molecule has 1 atom stereocenters. The zero-order valence-corrected chi connectivity index (χ0v) is 9.55. The van der Waals surface area contributed by atoms with Crippen molar-refractivity contribution in [3.8, 4) is 5.75 Å². The predicted octanol–water partition coefficient (Wildman–Crippen LogP) is 1.86. The number of carboxylic acid groups (broad SMARTS) is 1. The second kappa shape index (κ2) is 5.51. The van der Waals surface area contributed by atoms with E-state index in [1.165, 1.54) is 0 Å². The monoisotopic (exact) mass is 223 g/mol. The molecule has 1 aromatic carbocycles. The highest BCUT2D eigenvalue weighted by Crippen LogP contribution is 2.22. The number of hydrogen-bond donors (Lipinski definition) is 2. The molecule has 1 rings (SSSR count). The van der Waals surface area contributed by atoms with E-state index in [4.69, 9.17) is 5.11 Å². The molecule has 0 saturated heterocycles. The standard InChI is InChI=1S/C12H17NO3/c1-3-13(8-12(15)16)9(2)10-5-4-6-11(14)7-10/h4-7,9,14H,3,8H2,1-2H3,(H,15,16). The van der Waals surface area contributed by atoms with Crippen molar-refractivity contribution < 1.29 is 15.0 Å². The topological polar surface area (TPSA) is 60.8 Å². The lowest BCUT2D eigenvalue weighted by Crippen LogP contribution is -2.32. The summed E-state index contributed by atoms with van der Waals surface area (Å²) in [6.07, 6.45) is 0. The molecule has 0 aliphatic carbocycles. The van der Waals surface area contributed by atoms with Gasteiger partial charge in [0.15, 0.2) is 0 Å². The van der Waals surface area contributed by atoms with Gasteiger partial charge in [0, 0.05) is 6.04 Å². The van der Waals surface area contributed by atoms with Crippen molar-refractivity contribution in [2.24, 2.45) is 0 Å². The SMILES string of the molecule is CCN(CC(=O)O)C(C)c1cccc(O)c1. The average molecular weight is 223 g/mol. The summed E-state index contributed by atoms with van der Waals surface area (Å²) in [4.78, 5) is 12.5. The molecule has 0 aliphatic rings. The van der Waals surface area contributed by atoms with Gasteiger partial charge in [-0.25, -0.2) is 0 Å². The van der Waals surface area contributed by atoms with Gasteiger partial charge in [-0.3, -0.25) is 9.69 Å². The molecule has 16 heavy (non-hydrogen) atoms. The molecular weight excluding hydrogens is 206 g/mol. The normalized spacial score (nSPS) is 12.7. The minimum absolute atomic E-state index is 0.00726. The second-order valence-corrected chi connectivity index (χ2v) is 3.73. The third-order valence-corrected chi connectivity index (χ3v) is 2.64. The fourth-order valence-corrected chi connectivity index (χ4v) is 1.69. The molecule has 1 unspecified atom stereocenters. The summed E-state index contributed by atoms with van der Waals surface area (Å²) in [5, 5.41) is 18.1. The lowest BCUT2D eigenvalue weighted by Gasteiger charge is -2.26. The molecule has 4 heteroatoms. The Labute approximate surface area is 95.1 Å². The molecule has 88 valence electrons. The van der Waals surface area contributed by atoms with Crippen LogP contribution < -0.4 is 0 Å². The predicted molar refractivity (Wildman–Crippen MR) is 61.4 cm³/mol. The number of rotatable bonds is 5. The number of likely N-dealkylation sites (N-methyl/N-ethyl adjacent to an activating group) is 1. The number of hydrogen-bond acceptors (Lipinski definition) is 3. The molecule has 0 heterocycles. The molecule has 0 saturated carbocycles. The van der Waals surface area contributed by atoms with Gasteiger partial charge in [0.2, 0.25) is 0 Å². The molecule has 2 N–H and O–H groups in total. The van der Waals surface area contributed by atoms with Gasteiger partial charge in [-0.2, -0.15) is 0 Å². The van der Waals surface area contributed by atoms with Gasteiger partial charge < -0.3 is 10.2 Å². The fourth-order valence-electron chi connectivity index (χ4n) is 1.69. The quantitative estimate of drug-likeness (QED) is 0.799. The fraction of sp³-hybridized carbons (Fsp3) is 0.417. The summed E-state index contributed by atoms with van der Waals surface area (Å²) in [6.45, 7) is 4.51. The first-order chi connectivity index (χ1) is 7.54. The zero-order valence-electron chi connectivity index (χ0n) is 9.55. The van der Waals surface area contributed by atoms with Crippen molar-refractivity contribution in [1.29, 1.82) is 0 Å². The van der Waals surface area contributed by atoms with Crippen LogP contribution in [0.1, 0.15) is 25.5 Å². The molecule has 0 aliphatic heterocycles. The van der Waals surface area contributed by atoms with Crippen LogP contribution in [0.2, 0.25) is 0 Å². The number of nitrogens with zero attached hydrogens (tertiary/aromatic N) is 1. The minimum Gasteiger partial charge on any atom is -0.508 e. The van der Waals surface area contributed by atoms with E-state index in [1.54, 1.807) is 18.2 Å². The van der Waals surface area contributed by atoms with Crippen LogP contribution in [0.3, 0.4) is 0 Å². The highest BCUT2D eigenvalue weighted by Gasteiger charge is 2.16. The number of benzene rings is 1. The molecule has 0 aromatic heterocycles. The first-order valence-electron chi connectivity index (χ1n) is 5.29. The van der Waals surface area contributed by atoms with Crippen molar-refractivity contribution in [2.75, 3.05) is 13.1 Å². The van der Waals surface area contributed by atoms with E-state index in [-0.39, 0.29) is 18.3 Å². The van der Waals surface area contributed by atoms with Crippen LogP contribution in [0.4, 0.5) is 0 Å². The smallest absolute Gasteiger partial charge is 0.317 e. The number of aromatic hydroxyl groups is 1. The number of carboxylic acids is 1. The summed E-state index contributed by atoms with van der Waals surface area (Å²) >= 11 is 0. The van der Waals surface area contributed by atoms with E-state index in [2.05, 4.69) is 0 Å². The van der Waals surface area contributed by atoms with E-state index in [0.29, 0.717) is 6.54 Å². The summed E-state index contributed by atoms with van der Waals surface area (Å²) in [5.41, 5.74) is 0.920. The average Bonchev–Trinajstić information content (AvgIpc) is 2.24. The van der Waals surface area contributed by atoms with Crippen LogP contribution in [0.5, 0.6) is 5.75 Å². The molecule has 0 bridgehead atoms. The van der Waals surface area contributed by atoms with E-state index in [0.717, 1.165) is 5.56 Å². The maximum atomic E-state index is 10.7. The Kier molecular flexibility index (Phi) is 4.31. The number of carbonyl (C=O) groups is 1. The maximum Gasteiger partial charge on any atom is 0.317 e. The first-order valence-corrected chi connectivity index (χ1v) is 5.29. The minimum atomic E-state index is -0.839. The van der Waals surface area contributed by atoms with Crippen LogP contribution in [0.15, 0.2) is 24.3 Å². The highest BCUT2D eigenvalue weighted by molar-refractivity contribution is 5.69. The first kappa shape index (κ1) is 12.5. The van der Waals surface area contributed by atoms with E-state index in [9.17, 15) is 9.90 Å². The van der Waals surface area contributed by atoms with Gasteiger partial charge in [-0.1, -0.05) is 19.1 Å². The Morgan fingerprint density at radius 3 is 2.69 bits per heavy atom. The van der Waals surface area contributed by atoms with Gasteiger partial charge in [0.05, 0.1) is 6.54 Å². The van der Waals surface area contributed by atoms with Crippen LogP contribution >= 0.6 is 0 Å². The lowest BCUT2D eigenvalue weighted by atomic mass is 10.1. The molecular formula is C12H17NO3. The van der Waals surface area contributed by atoms with Crippen molar-refractivity contribution >= 4 is 5.97 Å². The van der Waals surface area contributed by atoms with Crippen molar-refractivity contribution in [2.45, 2.75) is 19.9 Å². The van der Waals surface area contributed by atoms with Gasteiger partial charge in [-0.15, -0.1) is 0 Å². The van der Waals surface area contributed by atoms with Crippen molar-refractivity contribution in [1.82, 2.24) is 4.90 Å². The van der Waals surface area contributed by atoms with Crippen molar-refractivity contribution in [3.05, 3.63) is 29.8 Å². The van der Waals surface area contributed by atoms with Crippen LogP contribution in [-0.2, 0) is 4.79 Å². The summed E-state index contributed by atoms with van der Waals surface area (Å²) < 4.78 is 0. The summed E-state index contributed by atoms with van der Waals surface area (Å²) in [5.74, 6) is -0.635. The Morgan fingerprint density at radius 2 is 2.19 bits per heavy atom. The van der Waals surface area contributed by atoms with Gasteiger partial charge in [-0.05, 0) is 31.2 Å². The zero-order chi connectivity index (χ0) is 12.1. The van der Waals surface area contributed by atoms with E-state index >= 15 is 0 Å². The lowest BCUT2D eigenvalue weighted by molar-refractivity contribution is -0.138. The molecule has 1 aromatic rings. The molecule has 0 fully saturated rings. The second-order valence-electron chi connectivity index (χ2n) is 3.73. The van der Waals surface area contributed by atoms with Crippen LogP contribution in [0, 0.1) is 0 Å². The highest BCUT2D eigenvalue weighted by atomic mass is 16.4. The third kappa shape index (κ3) is 3.24. The maximum absolute atomic E-state index is 10.7. The summed E-state index contributed by atoms with van der Waals surface area (Å²) in [6, 6.07) is 6.89. The van der Waals surface area contributed by atoms with Crippen LogP contribution in [0.25, 0.3) is 0 Å². The largest absolute Gasteiger partial charge is 0.508 e. The Morgan fingerprint density at radius 1 is 1.50 bits per heavy atom. The summed E-state index contributed by atoms with van der Waals surface area (Å²) in [7, 11) is 0. The number of aliphatic carboxylic acids is 1. The third-order valence-electron chi connectivity index (χ3n) is 2.64. The Bertz CT molecular complexity index is 365. The van der Waals surface area contributed by atoms with E-state index in [1.807, 2.05) is 24.8 Å². The number of phenolic OH excluding ortho intramolecular Hbond substituents is 1. The Balaban J connectivity index is 2.82. The van der Waals surface area contributed by atoms with Gasteiger partial charge in [0.25, 0.3) is 0 Å². The van der Waals surface area contributed by atoms with Gasteiger partial charge >= 0.3 is 5.97 Å². The van der Waals surface area contributed by atoms with E-state index < -0.39 is 5.97 Å². The van der Waals surface area contributed by atoms with Crippen LogP contribution in [-0.4, -0.2) is 34.2 Å². The van der Waals surface area contributed by atoms with Crippen molar-refractivity contribution in [3.63, 3.8) is 0 Å². The Hall–Kier alpha value is -1.55. The molecule has 4 nitrogen and oxygen atoms in total. The number of phenols is 1. The van der Waals surface area contributed by atoms with Gasteiger partial charge in [0.1, 0.15) is 5.75 Å². The molecule has 0 spiro atoms. The molecule has 0 amide bonds.